The minimum atomic E-state index is -0.726. The average Bonchev–Trinajstić information content (AvgIpc) is 2.89. The molecule has 3 nitrogen and oxygen atoms in total. The highest BCUT2D eigenvalue weighted by Gasteiger charge is 2.59. The van der Waals surface area contributed by atoms with E-state index in [1.807, 2.05) is 6.92 Å². The Kier molecular flexibility index (Phi) is 3.30. The molecule has 0 aromatic carbocycles. The minimum absolute atomic E-state index is 0.0827. The first-order chi connectivity index (χ1) is 7.62. The van der Waals surface area contributed by atoms with Gasteiger partial charge in [0.1, 0.15) is 0 Å². The van der Waals surface area contributed by atoms with Gasteiger partial charge in [0.25, 0.3) is 0 Å². The maximum absolute atomic E-state index is 10.9. The van der Waals surface area contributed by atoms with E-state index in [2.05, 4.69) is 0 Å². The van der Waals surface area contributed by atoms with E-state index in [4.69, 9.17) is 10.5 Å². The molecule has 2 rings (SSSR count). The predicted octanol–water partition coefficient (Wildman–Crippen LogP) is 1.54. The summed E-state index contributed by atoms with van der Waals surface area (Å²) in [6.45, 7) is 3.06. The van der Waals surface area contributed by atoms with E-state index >= 15 is 0 Å². The number of methoxy groups -OCH3 is 1. The molecule has 2 saturated carbocycles. The fourth-order valence-corrected chi connectivity index (χ4v) is 4.29. The molecular weight excluding hydrogens is 202 g/mol. The highest BCUT2D eigenvalue weighted by atomic mass is 16.5. The van der Waals surface area contributed by atoms with Crippen LogP contribution in [0.1, 0.15) is 39.0 Å². The topological polar surface area (TPSA) is 55.5 Å². The molecule has 3 N–H and O–H groups in total. The maximum atomic E-state index is 10.9. The van der Waals surface area contributed by atoms with Gasteiger partial charge in [0.2, 0.25) is 0 Å². The zero-order valence-corrected chi connectivity index (χ0v) is 10.5. The van der Waals surface area contributed by atoms with Crippen LogP contribution in [-0.2, 0) is 4.74 Å². The summed E-state index contributed by atoms with van der Waals surface area (Å²) in [7, 11) is 1.66. The van der Waals surface area contributed by atoms with Crippen LogP contribution in [0.4, 0.5) is 0 Å². The van der Waals surface area contributed by atoms with Gasteiger partial charge < -0.3 is 15.6 Å². The van der Waals surface area contributed by atoms with Crippen LogP contribution in [0.25, 0.3) is 0 Å². The molecule has 0 saturated heterocycles. The molecule has 2 fully saturated rings. The fraction of sp³-hybridized carbons (Fsp3) is 1.00. The summed E-state index contributed by atoms with van der Waals surface area (Å²) in [5, 5.41) is 10.9. The Hall–Kier alpha value is -0.120. The Morgan fingerprint density at radius 3 is 2.62 bits per heavy atom. The lowest BCUT2D eigenvalue weighted by Gasteiger charge is -2.49. The lowest BCUT2D eigenvalue weighted by Crippen LogP contribution is -2.57. The first-order valence-electron chi connectivity index (χ1n) is 6.53. The number of ether oxygens (including phenoxy) is 1. The van der Waals surface area contributed by atoms with Crippen molar-refractivity contribution in [3.63, 3.8) is 0 Å². The van der Waals surface area contributed by atoms with Crippen LogP contribution in [-0.4, -0.2) is 31.0 Å². The van der Waals surface area contributed by atoms with Crippen LogP contribution in [0.5, 0.6) is 0 Å². The van der Waals surface area contributed by atoms with Crippen molar-refractivity contribution in [1.82, 2.24) is 0 Å². The molecule has 0 amide bonds. The SMILES string of the molecule is CCC(O)(COC)C1(CN)CC2CCC1C2. The number of hydrogen-bond donors (Lipinski definition) is 2. The molecule has 0 aliphatic heterocycles. The second kappa shape index (κ2) is 4.28. The van der Waals surface area contributed by atoms with E-state index in [-0.39, 0.29) is 5.41 Å². The molecule has 94 valence electrons. The van der Waals surface area contributed by atoms with Crippen molar-refractivity contribution in [2.75, 3.05) is 20.3 Å². The number of aliphatic hydroxyl groups is 1. The van der Waals surface area contributed by atoms with Crippen LogP contribution < -0.4 is 5.73 Å². The second-order valence-corrected chi connectivity index (χ2v) is 5.76. The lowest BCUT2D eigenvalue weighted by molar-refractivity contribution is -0.146. The number of rotatable bonds is 5. The molecule has 0 aromatic heterocycles. The minimum Gasteiger partial charge on any atom is -0.387 e. The normalized spacial score (nSPS) is 41.2. The number of hydrogen-bond acceptors (Lipinski definition) is 3. The van der Waals surface area contributed by atoms with Crippen molar-refractivity contribution < 1.29 is 9.84 Å². The first-order valence-corrected chi connectivity index (χ1v) is 6.53. The summed E-state index contributed by atoms with van der Waals surface area (Å²) in [6.07, 6.45) is 5.68. The average molecular weight is 227 g/mol. The fourth-order valence-electron chi connectivity index (χ4n) is 4.29. The first kappa shape index (κ1) is 12.3. The Morgan fingerprint density at radius 1 is 1.50 bits per heavy atom. The van der Waals surface area contributed by atoms with Gasteiger partial charge in [-0.05, 0) is 37.5 Å². The monoisotopic (exact) mass is 227 g/mol. The van der Waals surface area contributed by atoms with Gasteiger partial charge in [-0.1, -0.05) is 13.3 Å². The van der Waals surface area contributed by atoms with E-state index in [9.17, 15) is 5.11 Å². The maximum Gasteiger partial charge on any atom is 0.0947 e. The van der Waals surface area contributed by atoms with Crippen LogP contribution in [0.2, 0.25) is 0 Å². The van der Waals surface area contributed by atoms with E-state index in [0.29, 0.717) is 19.1 Å². The smallest absolute Gasteiger partial charge is 0.0947 e. The molecule has 0 heterocycles. The summed E-state index contributed by atoms with van der Waals surface area (Å²) in [5.41, 5.74) is 5.22. The molecule has 3 heteroatoms. The standard InChI is InChI=1S/C13H25NO2/c1-3-13(15,9-16-2)12(8-14)7-10-4-5-11(12)6-10/h10-11,15H,3-9,14H2,1-2H3. The third-order valence-corrected chi connectivity index (χ3v) is 5.23. The zero-order valence-electron chi connectivity index (χ0n) is 10.5. The van der Waals surface area contributed by atoms with E-state index < -0.39 is 5.60 Å². The Morgan fingerprint density at radius 2 is 2.25 bits per heavy atom. The van der Waals surface area contributed by atoms with Crippen molar-refractivity contribution in [2.45, 2.75) is 44.6 Å². The number of nitrogens with two attached hydrogens (primary N) is 1. The molecular formula is C13H25NO2. The molecule has 2 aliphatic carbocycles. The lowest BCUT2D eigenvalue weighted by atomic mass is 9.61. The summed E-state index contributed by atoms with van der Waals surface area (Å²) in [4.78, 5) is 0. The van der Waals surface area contributed by atoms with Gasteiger partial charge in [0.15, 0.2) is 0 Å². The molecule has 0 radical (unpaired) electrons. The van der Waals surface area contributed by atoms with Crippen molar-refractivity contribution in [1.29, 1.82) is 0 Å². The van der Waals surface area contributed by atoms with Gasteiger partial charge in [-0.25, -0.2) is 0 Å². The Bertz CT molecular complexity index is 258. The van der Waals surface area contributed by atoms with Gasteiger partial charge >= 0.3 is 0 Å². The summed E-state index contributed by atoms with van der Waals surface area (Å²) >= 11 is 0. The van der Waals surface area contributed by atoms with Gasteiger partial charge in [-0.2, -0.15) is 0 Å². The zero-order chi connectivity index (χ0) is 11.8. The van der Waals surface area contributed by atoms with Crippen LogP contribution in [0.3, 0.4) is 0 Å². The summed E-state index contributed by atoms with van der Waals surface area (Å²) in [6, 6.07) is 0. The van der Waals surface area contributed by atoms with Gasteiger partial charge in [0.05, 0.1) is 12.2 Å². The second-order valence-electron chi connectivity index (χ2n) is 5.76. The highest BCUT2D eigenvalue weighted by Crippen LogP contribution is 2.60. The number of fused-ring (bicyclic) bond motifs is 2. The Balaban J connectivity index is 2.26. The van der Waals surface area contributed by atoms with Gasteiger partial charge in [-0.15, -0.1) is 0 Å². The third-order valence-electron chi connectivity index (χ3n) is 5.23. The third kappa shape index (κ3) is 1.52. The largest absolute Gasteiger partial charge is 0.387 e. The van der Waals surface area contributed by atoms with Crippen LogP contribution >= 0.6 is 0 Å². The quantitative estimate of drug-likeness (QED) is 0.749. The molecule has 0 aromatic rings. The van der Waals surface area contributed by atoms with Crippen LogP contribution in [0, 0.1) is 17.3 Å². The van der Waals surface area contributed by atoms with Crippen molar-refractivity contribution in [3.8, 4) is 0 Å². The molecule has 2 bridgehead atoms. The van der Waals surface area contributed by atoms with Crippen molar-refractivity contribution in [3.05, 3.63) is 0 Å². The van der Waals surface area contributed by atoms with E-state index in [1.165, 1.54) is 19.3 Å². The van der Waals surface area contributed by atoms with Crippen LogP contribution in [0.15, 0.2) is 0 Å². The summed E-state index contributed by atoms with van der Waals surface area (Å²) in [5.74, 6) is 1.41. The van der Waals surface area contributed by atoms with E-state index in [1.54, 1.807) is 7.11 Å². The van der Waals surface area contributed by atoms with Gasteiger partial charge in [-0.3, -0.25) is 0 Å². The summed E-state index contributed by atoms with van der Waals surface area (Å²) < 4.78 is 5.24. The van der Waals surface area contributed by atoms with Crippen molar-refractivity contribution in [2.24, 2.45) is 23.0 Å². The molecule has 2 aliphatic rings. The van der Waals surface area contributed by atoms with Gasteiger partial charge in [0, 0.05) is 19.1 Å². The molecule has 4 atom stereocenters. The highest BCUT2D eigenvalue weighted by molar-refractivity contribution is 5.10. The Labute approximate surface area is 98.4 Å². The predicted molar refractivity (Wildman–Crippen MR) is 64.1 cm³/mol. The molecule has 16 heavy (non-hydrogen) atoms. The van der Waals surface area contributed by atoms with Crippen molar-refractivity contribution >= 4 is 0 Å². The molecule has 4 unspecified atom stereocenters. The van der Waals surface area contributed by atoms with E-state index in [0.717, 1.165) is 18.8 Å². The molecule has 0 spiro atoms.